The molecule has 0 unspecified atom stereocenters. The number of halogens is 1. The highest BCUT2D eigenvalue weighted by molar-refractivity contribution is 6.30. The van der Waals surface area contributed by atoms with Crippen molar-refractivity contribution in [1.82, 2.24) is 10.3 Å². The second kappa shape index (κ2) is 6.73. The first-order valence-corrected chi connectivity index (χ1v) is 7.00. The van der Waals surface area contributed by atoms with Crippen molar-refractivity contribution in [2.45, 2.75) is 26.4 Å². The Kier molecular flexibility index (Phi) is 4.99. The second-order valence-corrected chi connectivity index (χ2v) is 5.33. The largest absolute Gasteiger partial charge is 0.494 e. The third-order valence-corrected chi connectivity index (χ3v) is 3.25. The van der Waals surface area contributed by atoms with Crippen LogP contribution in [0.4, 0.5) is 0 Å². The van der Waals surface area contributed by atoms with E-state index in [0.29, 0.717) is 6.04 Å². The van der Waals surface area contributed by atoms with E-state index >= 15 is 0 Å². The van der Waals surface area contributed by atoms with Gasteiger partial charge in [0.05, 0.1) is 7.11 Å². The van der Waals surface area contributed by atoms with Gasteiger partial charge in [-0.2, -0.15) is 0 Å². The first-order valence-electron chi connectivity index (χ1n) is 6.63. The minimum atomic E-state index is 0.410. The molecule has 1 N–H and O–H groups in total. The molecule has 0 aliphatic carbocycles. The number of rotatable bonds is 5. The van der Waals surface area contributed by atoms with Gasteiger partial charge >= 0.3 is 0 Å². The van der Waals surface area contributed by atoms with E-state index in [2.05, 4.69) is 24.1 Å². The van der Waals surface area contributed by atoms with Crippen LogP contribution in [0.1, 0.15) is 19.4 Å². The zero-order chi connectivity index (χ0) is 14.5. The first kappa shape index (κ1) is 14.8. The van der Waals surface area contributed by atoms with Crippen molar-refractivity contribution in [1.29, 1.82) is 0 Å². The van der Waals surface area contributed by atoms with E-state index in [1.54, 1.807) is 13.3 Å². The molecular formula is C16H19ClN2O. The quantitative estimate of drug-likeness (QED) is 0.906. The van der Waals surface area contributed by atoms with E-state index in [1.807, 2.05) is 30.3 Å². The molecule has 2 aromatic rings. The maximum absolute atomic E-state index is 6.11. The van der Waals surface area contributed by atoms with Gasteiger partial charge in [-0.15, -0.1) is 0 Å². The van der Waals surface area contributed by atoms with Crippen molar-refractivity contribution in [3.63, 3.8) is 0 Å². The van der Waals surface area contributed by atoms with Gasteiger partial charge in [-0.3, -0.25) is 4.98 Å². The summed E-state index contributed by atoms with van der Waals surface area (Å²) in [7, 11) is 1.66. The lowest BCUT2D eigenvalue weighted by molar-refractivity contribution is 0.414. The fourth-order valence-electron chi connectivity index (χ4n) is 2.01. The van der Waals surface area contributed by atoms with Crippen molar-refractivity contribution >= 4 is 11.6 Å². The number of hydrogen-bond donors (Lipinski definition) is 1. The summed E-state index contributed by atoms with van der Waals surface area (Å²) in [5.74, 6) is 0.764. The lowest BCUT2D eigenvalue weighted by Gasteiger charge is -2.14. The van der Waals surface area contributed by atoms with Crippen molar-refractivity contribution in [2.75, 3.05) is 7.11 Å². The van der Waals surface area contributed by atoms with E-state index in [-0.39, 0.29) is 0 Å². The van der Waals surface area contributed by atoms with Gasteiger partial charge in [0.25, 0.3) is 0 Å². The Morgan fingerprint density at radius 2 is 2.10 bits per heavy atom. The summed E-state index contributed by atoms with van der Waals surface area (Å²) in [6, 6.07) is 10.0. The van der Waals surface area contributed by atoms with Crippen LogP contribution < -0.4 is 10.1 Å². The van der Waals surface area contributed by atoms with Crippen molar-refractivity contribution in [2.24, 2.45) is 0 Å². The molecule has 0 radical (unpaired) electrons. The Bertz CT molecular complexity index is 584. The highest BCUT2D eigenvalue weighted by Gasteiger charge is 2.12. The molecule has 3 nitrogen and oxygen atoms in total. The molecule has 0 aliphatic rings. The fraction of sp³-hybridized carbons (Fsp3) is 0.312. The number of methoxy groups -OCH3 is 1. The van der Waals surface area contributed by atoms with E-state index in [1.165, 1.54) is 0 Å². The zero-order valence-corrected chi connectivity index (χ0v) is 12.7. The maximum atomic E-state index is 6.11. The summed E-state index contributed by atoms with van der Waals surface area (Å²) in [6.45, 7) is 4.98. The van der Waals surface area contributed by atoms with Crippen LogP contribution in [0.3, 0.4) is 0 Å². The number of benzene rings is 1. The minimum absolute atomic E-state index is 0.410. The van der Waals surface area contributed by atoms with Crippen molar-refractivity contribution in [3.05, 3.63) is 47.1 Å². The number of pyridine rings is 1. The van der Waals surface area contributed by atoms with E-state index in [0.717, 1.165) is 34.1 Å². The topological polar surface area (TPSA) is 34.1 Å². The number of ether oxygens (including phenoxy) is 1. The Morgan fingerprint density at radius 1 is 1.30 bits per heavy atom. The summed E-state index contributed by atoms with van der Waals surface area (Å²) in [4.78, 5) is 4.44. The molecule has 0 atom stereocenters. The van der Waals surface area contributed by atoms with Gasteiger partial charge in [0.1, 0.15) is 11.4 Å². The monoisotopic (exact) mass is 290 g/mol. The van der Waals surface area contributed by atoms with Gasteiger partial charge in [0.2, 0.25) is 0 Å². The Hall–Kier alpha value is -1.58. The van der Waals surface area contributed by atoms with Crippen molar-refractivity contribution in [3.8, 4) is 17.0 Å². The molecule has 2 rings (SSSR count). The van der Waals surface area contributed by atoms with E-state index in [9.17, 15) is 0 Å². The smallest absolute Gasteiger partial charge is 0.145 e. The molecule has 4 heteroatoms. The van der Waals surface area contributed by atoms with Gasteiger partial charge in [0, 0.05) is 29.4 Å². The van der Waals surface area contributed by atoms with Gasteiger partial charge in [-0.25, -0.2) is 0 Å². The molecule has 0 bridgehead atoms. The highest BCUT2D eigenvalue weighted by Crippen LogP contribution is 2.31. The molecular weight excluding hydrogens is 272 g/mol. The van der Waals surface area contributed by atoms with E-state index < -0.39 is 0 Å². The van der Waals surface area contributed by atoms with Crippen LogP contribution in [0.5, 0.6) is 5.75 Å². The van der Waals surface area contributed by atoms with Crippen LogP contribution in [-0.2, 0) is 6.54 Å². The van der Waals surface area contributed by atoms with Crippen LogP contribution in [0.15, 0.2) is 36.5 Å². The summed E-state index contributed by atoms with van der Waals surface area (Å²) in [6.07, 6.45) is 1.77. The number of hydrogen-bond acceptors (Lipinski definition) is 3. The Morgan fingerprint density at radius 3 is 2.80 bits per heavy atom. The molecule has 0 amide bonds. The lowest BCUT2D eigenvalue weighted by atomic mass is 10.0. The number of nitrogens with one attached hydrogen (secondary N) is 1. The normalized spacial score (nSPS) is 10.8. The average molecular weight is 291 g/mol. The number of aromatic nitrogens is 1. The molecule has 0 saturated carbocycles. The van der Waals surface area contributed by atoms with Crippen molar-refractivity contribution < 1.29 is 4.74 Å². The predicted octanol–water partition coefficient (Wildman–Crippen LogP) is 3.91. The third-order valence-electron chi connectivity index (χ3n) is 3.01. The molecule has 20 heavy (non-hydrogen) atoms. The first-order chi connectivity index (χ1) is 9.61. The lowest BCUT2D eigenvalue weighted by Crippen LogP contribution is -2.22. The van der Waals surface area contributed by atoms with Crippen LogP contribution in [0, 0.1) is 0 Å². The third kappa shape index (κ3) is 3.50. The SMILES string of the molecule is COc1cccnc1-c1ccc(Cl)cc1CNC(C)C. The van der Waals surface area contributed by atoms with Gasteiger partial charge in [-0.1, -0.05) is 31.5 Å². The standard InChI is InChI=1S/C16H19ClN2O/c1-11(2)19-10-12-9-13(17)6-7-14(12)16-15(20-3)5-4-8-18-16/h4-9,11,19H,10H2,1-3H3. The summed E-state index contributed by atoms with van der Waals surface area (Å²) in [5.41, 5.74) is 3.00. The zero-order valence-electron chi connectivity index (χ0n) is 12.0. The summed E-state index contributed by atoms with van der Waals surface area (Å²) >= 11 is 6.11. The average Bonchev–Trinajstić information content (AvgIpc) is 2.45. The van der Waals surface area contributed by atoms with E-state index in [4.69, 9.17) is 16.3 Å². The van der Waals surface area contributed by atoms with Crippen LogP contribution in [-0.4, -0.2) is 18.1 Å². The van der Waals surface area contributed by atoms with Gasteiger partial charge in [0.15, 0.2) is 0 Å². The molecule has 106 valence electrons. The van der Waals surface area contributed by atoms with Crippen LogP contribution in [0.2, 0.25) is 5.02 Å². The molecule has 1 aromatic carbocycles. The molecule has 1 aromatic heterocycles. The summed E-state index contributed by atoms with van der Waals surface area (Å²) in [5, 5.41) is 4.14. The fourth-order valence-corrected chi connectivity index (χ4v) is 2.21. The molecule has 0 fully saturated rings. The highest BCUT2D eigenvalue weighted by atomic mass is 35.5. The van der Waals surface area contributed by atoms with Crippen LogP contribution in [0.25, 0.3) is 11.3 Å². The molecule has 0 spiro atoms. The Balaban J connectivity index is 2.44. The number of nitrogens with zero attached hydrogens (tertiary/aromatic N) is 1. The van der Waals surface area contributed by atoms with Gasteiger partial charge < -0.3 is 10.1 Å². The molecule has 0 aliphatic heterocycles. The van der Waals surface area contributed by atoms with Gasteiger partial charge in [-0.05, 0) is 29.8 Å². The maximum Gasteiger partial charge on any atom is 0.145 e. The molecule has 0 saturated heterocycles. The Labute approximate surface area is 124 Å². The van der Waals surface area contributed by atoms with Crippen LogP contribution >= 0.6 is 11.6 Å². The second-order valence-electron chi connectivity index (χ2n) is 4.89. The summed E-state index contributed by atoms with van der Waals surface area (Å²) < 4.78 is 5.39. The minimum Gasteiger partial charge on any atom is -0.494 e. The molecule has 1 heterocycles. The predicted molar refractivity (Wildman–Crippen MR) is 83.2 cm³/mol.